The minimum Gasteiger partial charge on any atom is -0.453 e. The Kier molecular flexibility index (Phi) is 6.36. The lowest BCUT2D eigenvalue weighted by molar-refractivity contribution is -0.140. The second kappa shape index (κ2) is 8.44. The van der Waals surface area contributed by atoms with Crippen LogP contribution in [0.1, 0.15) is 57.6 Å². The summed E-state index contributed by atoms with van der Waals surface area (Å²) in [6, 6.07) is 2.44. The lowest BCUT2D eigenvalue weighted by Gasteiger charge is -2.36. The monoisotopic (exact) mass is 460 g/mol. The summed E-state index contributed by atoms with van der Waals surface area (Å²) in [6.45, 7) is 5.79. The minimum absolute atomic E-state index is 0.0741. The Hall–Kier alpha value is -2.52. The lowest BCUT2D eigenvalue weighted by Crippen LogP contribution is -2.50. The van der Waals surface area contributed by atoms with Crippen molar-refractivity contribution in [2.45, 2.75) is 69.8 Å². The molecule has 0 unspecified atom stereocenters. The van der Waals surface area contributed by atoms with E-state index in [2.05, 4.69) is 0 Å². The molecule has 2 amide bonds. The number of carbonyl (C=O) groups excluding carboxylic acids is 2. The molecule has 1 saturated carbocycles. The normalized spacial score (nSPS) is 20.1. The maximum Gasteiger partial charge on any atom is 0.419 e. The lowest BCUT2D eigenvalue weighted by atomic mass is 9.99. The van der Waals surface area contributed by atoms with E-state index in [0.29, 0.717) is 32.2 Å². The number of amides is 2. The number of rotatable bonds is 4. The number of halogens is 4. The third kappa shape index (κ3) is 4.94. The van der Waals surface area contributed by atoms with Crippen molar-refractivity contribution in [3.05, 3.63) is 35.1 Å². The molecule has 0 aromatic heterocycles. The average Bonchev–Trinajstić information content (AvgIpc) is 3.34. The zero-order valence-electron chi connectivity index (χ0n) is 18.6. The van der Waals surface area contributed by atoms with Crippen LogP contribution in [0.3, 0.4) is 0 Å². The van der Waals surface area contributed by atoms with E-state index in [9.17, 15) is 27.2 Å². The first-order valence-electron chi connectivity index (χ1n) is 10.5. The van der Waals surface area contributed by atoms with Crippen molar-refractivity contribution >= 4 is 12.2 Å². The number of likely N-dealkylation sites (tertiary alicyclic amines) is 1. The summed E-state index contributed by atoms with van der Waals surface area (Å²) in [5.74, 6) is -1.37. The van der Waals surface area contributed by atoms with Crippen molar-refractivity contribution in [3.8, 4) is 0 Å². The van der Waals surface area contributed by atoms with Crippen molar-refractivity contribution in [1.29, 1.82) is 0 Å². The molecule has 1 aromatic carbocycles. The van der Waals surface area contributed by atoms with Crippen molar-refractivity contribution in [3.63, 3.8) is 0 Å². The van der Waals surface area contributed by atoms with Gasteiger partial charge < -0.3 is 14.4 Å². The van der Waals surface area contributed by atoms with E-state index in [0.717, 1.165) is 12.1 Å². The molecule has 0 spiro atoms. The molecule has 1 aromatic rings. The third-order valence-electron chi connectivity index (χ3n) is 5.84. The van der Waals surface area contributed by atoms with Crippen molar-refractivity contribution in [2.75, 3.05) is 20.2 Å². The Labute approximate surface area is 184 Å². The van der Waals surface area contributed by atoms with Crippen LogP contribution in [0.5, 0.6) is 0 Å². The molecule has 0 N–H and O–H groups in total. The van der Waals surface area contributed by atoms with Crippen LogP contribution in [-0.4, -0.2) is 53.8 Å². The van der Waals surface area contributed by atoms with Gasteiger partial charge in [0.25, 0.3) is 0 Å². The summed E-state index contributed by atoms with van der Waals surface area (Å²) in [5, 5.41) is 0. The summed E-state index contributed by atoms with van der Waals surface area (Å²) in [6.07, 6.45) is -3.94. The van der Waals surface area contributed by atoms with E-state index < -0.39 is 40.9 Å². The highest BCUT2D eigenvalue weighted by molar-refractivity contribution is 5.71. The Morgan fingerprint density at radius 2 is 1.88 bits per heavy atom. The van der Waals surface area contributed by atoms with Gasteiger partial charge in [0, 0.05) is 13.1 Å². The third-order valence-corrected chi connectivity index (χ3v) is 5.84. The van der Waals surface area contributed by atoms with E-state index >= 15 is 0 Å². The van der Waals surface area contributed by atoms with Gasteiger partial charge in [-0.15, -0.1) is 0 Å². The summed E-state index contributed by atoms with van der Waals surface area (Å²) in [4.78, 5) is 28.2. The zero-order chi connectivity index (χ0) is 23.9. The molecule has 2 aliphatic rings. The second-order valence-electron chi connectivity index (χ2n) is 9.27. The Balaban J connectivity index is 1.89. The molecular weight excluding hydrogens is 432 g/mol. The molecule has 0 bridgehead atoms. The maximum absolute atomic E-state index is 13.8. The highest BCUT2D eigenvalue weighted by Crippen LogP contribution is 2.52. The Morgan fingerprint density at radius 3 is 2.41 bits per heavy atom. The smallest absolute Gasteiger partial charge is 0.419 e. The van der Waals surface area contributed by atoms with Crippen LogP contribution in [0.15, 0.2) is 18.2 Å². The van der Waals surface area contributed by atoms with Gasteiger partial charge in [0.2, 0.25) is 0 Å². The highest BCUT2D eigenvalue weighted by Gasteiger charge is 2.54. The molecule has 1 aliphatic carbocycles. The molecule has 6 nitrogen and oxygen atoms in total. The van der Waals surface area contributed by atoms with E-state index in [1.54, 1.807) is 25.7 Å². The van der Waals surface area contributed by atoms with Crippen molar-refractivity contribution < 1.29 is 36.6 Å². The van der Waals surface area contributed by atoms with Crippen LogP contribution in [-0.2, 0) is 21.2 Å². The fraction of sp³-hybridized carbons (Fsp3) is 0.636. The average molecular weight is 460 g/mol. The Bertz CT molecular complexity index is 878. The number of hydrogen-bond donors (Lipinski definition) is 0. The summed E-state index contributed by atoms with van der Waals surface area (Å²) in [7, 11) is 1.19. The van der Waals surface area contributed by atoms with Crippen LogP contribution in [0.4, 0.5) is 27.2 Å². The first-order valence-corrected chi connectivity index (χ1v) is 10.5. The number of methoxy groups -OCH3 is 1. The Morgan fingerprint density at radius 1 is 1.22 bits per heavy atom. The number of carbonyl (C=O) groups is 2. The van der Waals surface area contributed by atoms with Crippen LogP contribution in [0, 0.1) is 5.82 Å². The van der Waals surface area contributed by atoms with Gasteiger partial charge in [-0.25, -0.2) is 14.0 Å². The van der Waals surface area contributed by atoms with E-state index in [-0.39, 0.29) is 18.2 Å². The van der Waals surface area contributed by atoms with Crippen molar-refractivity contribution in [2.24, 2.45) is 0 Å². The first-order chi connectivity index (χ1) is 14.8. The van der Waals surface area contributed by atoms with Gasteiger partial charge >= 0.3 is 18.4 Å². The fourth-order valence-electron chi connectivity index (χ4n) is 4.20. The van der Waals surface area contributed by atoms with Gasteiger partial charge in [0.1, 0.15) is 11.4 Å². The van der Waals surface area contributed by atoms with E-state index in [1.165, 1.54) is 18.1 Å². The number of hydrogen-bond acceptors (Lipinski definition) is 4. The zero-order valence-corrected chi connectivity index (χ0v) is 18.6. The molecule has 1 heterocycles. The topological polar surface area (TPSA) is 59.1 Å². The van der Waals surface area contributed by atoms with Gasteiger partial charge in [-0.1, -0.05) is 6.07 Å². The number of benzene rings is 1. The number of alkyl halides is 3. The minimum atomic E-state index is -4.86. The molecule has 2 fully saturated rings. The van der Waals surface area contributed by atoms with Crippen LogP contribution in [0.25, 0.3) is 0 Å². The molecule has 3 rings (SSSR count). The van der Waals surface area contributed by atoms with E-state index in [1.807, 2.05) is 0 Å². The maximum atomic E-state index is 13.8. The molecular formula is C22H28F4N2O4. The predicted molar refractivity (Wildman–Crippen MR) is 107 cm³/mol. The van der Waals surface area contributed by atoms with Gasteiger partial charge in [-0.3, -0.25) is 4.90 Å². The number of ether oxygens (including phenoxy) is 2. The van der Waals surface area contributed by atoms with Gasteiger partial charge in [-0.2, -0.15) is 13.2 Å². The summed E-state index contributed by atoms with van der Waals surface area (Å²) < 4.78 is 64.0. The molecule has 1 aliphatic heterocycles. The standard InChI is InChI=1S/C22H28F4N2O4/c1-20(2,3)32-18(29)27-11-5-6-15(27)13-28(19(30)31-4)21(9-10-21)14-7-8-17(23)16(12-14)22(24,25)26/h7-8,12,15H,5-6,9-11,13H2,1-4H3/t15-/m1/s1. The van der Waals surface area contributed by atoms with Gasteiger partial charge in [-0.05, 0) is 64.2 Å². The number of nitrogens with zero attached hydrogens (tertiary/aromatic N) is 2. The largest absolute Gasteiger partial charge is 0.453 e. The highest BCUT2D eigenvalue weighted by atomic mass is 19.4. The van der Waals surface area contributed by atoms with Crippen molar-refractivity contribution in [1.82, 2.24) is 9.80 Å². The van der Waals surface area contributed by atoms with Gasteiger partial charge in [0.05, 0.1) is 24.3 Å². The summed E-state index contributed by atoms with van der Waals surface area (Å²) in [5.41, 5.74) is -2.91. The molecule has 1 saturated heterocycles. The van der Waals surface area contributed by atoms with Gasteiger partial charge in [0.15, 0.2) is 0 Å². The predicted octanol–water partition coefficient (Wildman–Crippen LogP) is 5.30. The fourth-order valence-corrected chi connectivity index (χ4v) is 4.20. The molecule has 32 heavy (non-hydrogen) atoms. The van der Waals surface area contributed by atoms with Crippen LogP contribution in [0.2, 0.25) is 0 Å². The second-order valence-corrected chi connectivity index (χ2v) is 9.27. The quantitative estimate of drug-likeness (QED) is 0.572. The first kappa shape index (κ1) is 24.1. The van der Waals surface area contributed by atoms with Crippen LogP contribution >= 0.6 is 0 Å². The molecule has 178 valence electrons. The SMILES string of the molecule is COC(=O)N(C[C@H]1CCCN1C(=O)OC(C)(C)C)C1(c2ccc(F)c(C(F)(F)F)c2)CC1. The molecule has 10 heteroatoms. The molecule has 1 atom stereocenters. The van der Waals surface area contributed by atoms with Crippen LogP contribution < -0.4 is 0 Å². The summed E-state index contributed by atoms with van der Waals surface area (Å²) >= 11 is 0. The van der Waals surface area contributed by atoms with E-state index in [4.69, 9.17) is 9.47 Å². The molecule has 0 radical (unpaired) electrons.